The van der Waals surface area contributed by atoms with Crippen LogP contribution in [0.5, 0.6) is 0 Å². The third-order valence-electron chi connectivity index (χ3n) is 1.71. The van der Waals surface area contributed by atoms with Gasteiger partial charge in [0.05, 0.1) is 0 Å². The highest BCUT2D eigenvalue weighted by molar-refractivity contribution is 7.85. The molecule has 0 fully saturated rings. The molecule has 0 bridgehead atoms. The first kappa shape index (κ1) is 25.0. The van der Waals surface area contributed by atoms with E-state index in [0.717, 1.165) is 6.92 Å². The third-order valence-corrected chi connectivity index (χ3v) is 2.58. The van der Waals surface area contributed by atoms with Gasteiger partial charge < -0.3 is 15.3 Å². The SMILES string of the molecule is CC(=O)O.O=S(=O)(O)c1c(F)c(F)c(F)c(F)c1F.OCC#CCO. The number of carboxylic acid groups (broad SMARTS) is 1. The molecule has 0 aliphatic heterocycles. The first-order valence-electron chi connectivity index (χ1n) is 5.68. The number of hydrogen-bond acceptors (Lipinski definition) is 5. The van der Waals surface area contributed by atoms with Crippen molar-refractivity contribution in [3.8, 4) is 11.8 Å². The quantitative estimate of drug-likeness (QED) is 0.181. The van der Waals surface area contributed by atoms with Gasteiger partial charge in [0, 0.05) is 6.92 Å². The van der Waals surface area contributed by atoms with Crippen LogP contribution in [-0.2, 0) is 14.9 Å². The Morgan fingerprint density at radius 2 is 1.12 bits per heavy atom. The molecule has 0 amide bonds. The van der Waals surface area contributed by atoms with E-state index in [9.17, 15) is 30.4 Å². The highest BCUT2D eigenvalue weighted by Crippen LogP contribution is 2.26. The molecule has 13 heteroatoms. The van der Waals surface area contributed by atoms with Gasteiger partial charge in [-0.15, -0.1) is 0 Å². The number of halogens is 5. The van der Waals surface area contributed by atoms with E-state index in [-0.39, 0.29) is 13.2 Å². The maximum Gasteiger partial charge on any atom is 0.300 e. The van der Waals surface area contributed by atoms with E-state index in [2.05, 4.69) is 11.8 Å². The fourth-order valence-corrected chi connectivity index (χ4v) is 1.56. The maximum absolute atomic E-state index is 12.6. The predicted molar refractivity (Wildman–Crippen MR) is 71.3 cm³/mol. The van der Waals surface area contributed by atoms with E-state index in [0.29, 0.717) is 0 Å². The summed E-state index contributed by atoms with van der Waals surface area (Å²) in [6.07, 6.45) is 0. The average Bonchev–Trinajstić information content (AvgIpc) is 2.48. The van der Waals surface area contributed by atoms with Crippen molar-refractivity contribution in [2.75, 3.05) is 13.2 Å². The van der Waals surface area contributed by atoms with Crippen molar-refractivity contribution in [3.05, 3.63) is 29.1 Å². The number of carboxylic acids is 1. The number of rotatable bonds is 1. The van der Waals surface area contributed by atoms with Crippen LogP contribution in [0.2, 0.25) is 0 Å². The van der Waals surface area contributed by atoms with Crippen LogP contribution in [0.1, 0.15) is 6.92 Å². The van der Waals surface area contributed by atoms with Crippen LogP contribution < -0.4 is 0 Å². The van der Waals surface area contributed by atoms with Crippen molar-refractivity contribution in [1.82, 2.24) is 0 Å². The van der Waals surface area contributed by atoms with Gasteiger partial charge in [0.25, 0.3) is 5.97 Å². The molecule has 142 valence electrons. The third kappa shape index (κ3) is 8.96. The van der Waals surface area contributed by atoms with Gasteiger partial charge in [-0.25, -0.2) is 22.0 Å². The Morgan fingerprint density at radius 3 is 1.32 bits per heavy atom. The zero-order valence-electron chi connectivity index (χ0n) is 12.2. The Labute approximate surface area is 138 Å². The summed E-state index contributed by atoms with van der Waals surface area (Å²) in [6, 6.07) is 0. The molecule has 0 spiro atoms. The number of aliphatic carboxylic acids is 1. The van der Waals surface area contributed by atoms with Gasteiger partial charge in [0.15, 0.2) is 28.2 Å². The van der Waals surface area contributed by atoms with E-state index in [1.165, 1.54) is 0 Å². The largest absolute Gasteiger partial charge is 0.481 e. The lowest BCUT2D eigenvalue weighted by molar-refractivity contribution is -0.134. The fraction of sp³-hybridized carbons (Fsp3) is 0.250. The van der Waals surface area contributed by atoms with E-state index in [1.807, 2.05) is 0 Å². The normalized spacial score (nSPS) is 9.64. The highest BCUT2D eigenvalue weighted by Gasteiger charge is 2.32. The summed E-state index contributed by atoms with van der Waals surface area (Å²) in [7, 11) is -5.52. The molecule has 1 aromatic rings. The second-order valence-electron chi connectivity index (χ2n) is 3.56. The van der Waals surface area contributed by atoms with Gasteiger partial charge >= 0.3 is 10.1 Å². The van der Waals surface area contributed by atoms with E-state index >= 15 is 0 Å². The van der Waals surface area contributed by atoms with Crippen LogP contribution in [0.15, 0.2) is 4.90 Å². The molecule has 0 unspecified atom stereocenters. The number of benzene rings is 1. The molecule has 0 heterocycles. The Kier molecular flexibility index (Phi) is 11.3. The first-order valence-corrected chi connectivity index (χ1v) is 7.12. The minimum atomic E-state index is -5.52. The van der Waals surface area contributed by atoms with E-state index in [1.54, 1.807) is 0 Å². The van der Waals surface area contributed by atoms with Crippen molar-refractivity contribution in [2.24, 2.45) is 0 Å². The molecule has 0 radical (unpaired) electrons. The van der Waals surface area contributed by atoms with Crippen LogP contribution >= 0.6 is 0 Å². The van der Waals surface area contributed by atoms with Crippen molar-refractivity contribution < 1.29 is 55.0 Å². The predicted octanol–water partition coefficient (Wildman–Crippen LogP) is 0.694. The smallest absolute Gasteiger partial charge is 0.300 e. The zero-order chi connectivity index (χ0) is 20.4. The molecule has 7 nitrogen and oxygen atoms in total. The molecule has 0 aromatic heterocycles. The van der Waals surface area contributed by atoms with Gasteiger partial charge in [-0.3, -0.25) is 9.35 Å². The summed E-state index contributed by atoms with van der Waals surface area (Å²) < 4.78 is 91.3. The minimum Gasteiger partial charge on any atom is -0.481 e. The van der Waals surface area contributed by atoms with Crippen LogP contribution in [-0.4, -0.2) is 47.5 Å². The Bertz CT molecular complexity index is 727. The Balaban J connectivity index is 0. The van der Waals surface area contributed by atoms with Crippen LogP contribution in [0.4, 0.5) is 22.0 Å². The Hall–Kier alpha value is -2.27. The Morgan fingerprint density at radius 1 is 0.880 bits per heavy atom. The molecule has 1 aromatic carbocycles. The van der Waals surface area contributed by atoms with Crippen molar-refractivity contribution in [3.63, 3.8) is 0 Å². The summed E-state index contributed by atoms with van der Waals surface area (Å²) in [5.74, 6) is -8.92. The number of aliphatic hydroxyl groups excluding tert-OH is 2. The van der Waals surface area contributed by atoms with E-state index < -0.39 is 50.1 Å². The molecule has 4 N–H and O–H groups in total. The summed E-state index contributed by atoms with van der Waals surface area (Å²) in [5.41, 5.74) is 0. The van der Waals surface area contributed by atoms with Crippen molar-refractivity contribution in [2.45, 2.75) is 11.8 Å². The zero-order valence-corrected chi connectivity index (χ0v) is 13.0. The van der Waals surface area contributed by atoms with Crippen LogP contribution in [0.3, 0.4) is 0 Å². The summed E-state index contributed by atoms with van der Waals surface area (Å²) in [4.78, 5) is 6.74. The molecule has 0 aliphatic carbocycles. The summed E-state index contributed by atoms with van der Waals surface area (Å²) in [5, 5.41) is 23.2. The van der Waals surface area contributed by atoms with E-state index in [4.69, 9.17) is 24.7 Å². The van der Waals surface area contributed by atoms with Gasteiger partial charge in [0.1, 0.15) is 13.2 Å². The van der Waals surface area contributed by atoms with Gasteiger partial charge in [-0.1, -0.05) is 11.8 Å². The number of hydrogen-bond donors (Lipinski definition) is 4. The van der Waals surface area contributed by atoms with Gasteiger partial charge in [-0.05, 0) is 0 Å². The lowest BCUT2D eigenvalue weighted by atomic mass is 10.3. The van der Waals surface area contributed by atoms with Crippen molar-refractivity contribution >= 4 is 16.1 Å². The number of aliphatic hydroxyl groups is 2. The summed E-state index contributed by atoms with van der Waals surface area (Å²) in [6.45, 7) is 0.751. The molecule has 25 heavy (non-hydrogen) atoms. The lowest BCUT2D eigenvalue weighted by Gasteiger charge is -2.04. The summed E-state index contributed by atoms with van der Waals surface area (Å²) >= 11 is 0. The van der Waals surface area contributed by atoms with Gasteiger partial charge in [0.2, 0.25) is 5.82 Å². The second-order valence-corrected chi connectivity index (χ2v) is 4.92. The fourth-order valence-electron chi connectivity index (χ4n) is 0.923. The molecule has 0 aliphatic rings. The minimum absolute atomic E-state index is 0.166. The maximum atomic E-state index is 12.6. The standard InChI is InChI=1S/C6HF5O3S.C4H6O2.C2H4O2/c7-1-2(8)4(10)6(15(12,13)14)5(11)3(1)9;5-3-1-2-4-6;1-2(3)4/h(H,12,13,14);5-6H,3-4H2;1H3,(H,3,4). The lowest BCUT2D eigenvalue weighted by Crippen LogP contribution is -2.11. The molecular formula is C12H11F5O7S. The monoisotopic (exact) mass is 394 g/mol. The molecular weight excluding hydrogens is 383 g/mol. The first-order chi connectivity index (χ1) is 11.3. The molecule has 0 saturated heterocycles. The second kappa shape index (κ2) is 11.3. The molecule has 0 atom stereocenters. The highest BCUT2D eigenvalue weighted by atomic mass is 32.2. The number of carbonyl (C=O) groups is 1. The topological polar surface area (TPSA) is 132 Å². The van der Waals surface area contributed by atoms with Crippen LogP contribution in [0, 0.1) is 40.9 Å². The molecule has 0 saturated carbocycles. The molecule has 1 rings (SSSR count). The van der Waals surface area contributed by atoms with Crippen LogP contribution in [0.25, 0.3) is 0 Å². The average molecular weight is 394 g/mol. The van der Waals surface area contributed by atoms with Crippen molar-refractivity contribution in [1.29, 1.82) is 0 Å². The van der Waals surface area contributed by atoms with Gasteiger partial charge in [-0.2, -0.15) is 8.42 Å².